The third-order valence-electron chi connectivity index (χ3n) is 6.84. The van der Waals surface area contributed by atoms with E-state index >= 15 is 0 Å². The Hall–Kier alpha value is -1.37. The number of likely N-dealkylation sites (tertiary alicyclic amines) is 1. The van der Waals surface area contributed by atoms with Crippen molar-refractivity contribution in [3.8, 4) is 0 Å². The van der Waals surface area contributed by atoms with Gasteiger partial charge in [0, 0.05) is 31.9 Å². The topological polar surface area (TPSA) is 47.0 Å². The third kappa shape index (κ3) is 3.87. The molecule has 1 N–H and O–H groups in total. The van der Waals surface area contributed by atoms with Crippen LogP contribution in [-0.2, 0) is 4.79 Å². The van der Waals surface area contributed by atoms with E-state index in [1.807, 2.05) is 16.7 Å². The van der Waals surface area contributed by atoms with Crippen molar-refractivity contribution in [3.05, 3.63) is 29.0 Å². The predicted octanol–water partition coefficient (Wildman–Crippen LogP) is 2.75. The van der Waals surface area contributed by atoms with Crippen LogP contribution in [0.3, 0.4) is 0 Å². The molecule has 154 valence electrons. The minimum absolute atomic E-state index is 0.0799. The molecule has 2 heterocycles. The second-order valence-corrected chi connectivity index (χ2v) is 8.98. The number of piperazine rings is 1. The van der Waals surface area contributed by atoms with E-state index in [4.69, 9.17) is 11.6 Å². The zero-order valence-electron chi connectivity index (χ0n) is 16.4. The molecular weight excluding hydrogens is 381 g/mol. The van der Waals surface area contributed by atoms with Crippen LogP contribution in [-0.4, -0.2) is 72.2 Å². The SMILES string of the molecule is C[C@H]1C(=O)N(CCCN2CCC3(CC3)[C@H](O)C2)CCN1c1ccc(F)c(Cl)c1. The highest BCUT2D eigenvalue weighted by Crippen LogP contribution is 2.53. The molecule has 1 spiro atoms. The molecule has 0 bridgehead atoms. The average molecular weight is 410 g/mol. The van der Waals surface area contributed by atoms with Gasteiger partial charge < -0.3 is 19.8 Å². The second kappa shape index (κ2) is 7.81. The number of hydrogen-bond donors (Lipinski definition) is 1. The lowest BCUT2D eigenvalue weighted by atomic mass is 9.90. The van der Waals surface area contributed by atoms with Gasteiger partial charge in [0.1, 0.15) is 11.9 Å². The number of β-amino-alcohol motifs (C(OH)–C–C–N with tert-alkyl or cyclic N) is 1. The van der Waals surface area contributed by atoms with Crippen LogP contribution >= 0.6 is 11.6 Å². The van der Waals surface area contributed by atoms with Gasteiger partial charge in [-0.25, -0.2) is 4.39 Å². The van der Waals surface area contributed by atoms with Crippen LogP contribution in [0.5, 0.6) is 0 Å². The van der Waals surface area contributed by atoms with E-state index in [0.29, 0.717) is 13.1 Å². The number of aliphatic hydroxyl groups is 1. The van der Waals surface area contributed by atoms with Gasteiger partial charge in [0.05, 0.1) is 11.1 Å². The smallest absolute Gasteiger partial charge is 0.245 e. The fourth-order valence-electron chi connectivity index (χ4n) is 4.68. The summed E-state index contributed by atoms with van der Waals surface area (Å²) in [7, 11) is 0. The maximum atomic E-state index is 13.4. The molecular formula is C21H29ClFN3O2. The largest absolute Gasteiger partial charge is 0.391 e. The highest BCUT2D eigenvalue weighted by molar-refractivity contribution is 6.31. The Balaban J connectivity index is 1.26. The van der Waals surface area contributed by atoms with E-state index < -0.39 is 5.82 Å². The quantitative estimate of drug-likeness (QED) is 0.812. The van der Waals surface area contributed by atoms with Crippen LogP contribution in [0.2, 0.25) is 5.02 Å². The molecule has 1 saturated carbocycles. The number of carbonyl (C=O) groups is 1. The summed E-state index contributed by atoms with van der Waals surface area (Å²) in [5.74, 6) is -0.347. The highest BCUT2D eigenvalue weighted by Gasteiger charge is 2.51. The number of nitrogens with zero attached hydrogens (tertiary/aromatic N) is 3. The summed E-state index contributed by atoms with van der Waals surface area (Å²) >= 11 is 5.90. The van der Waals surface area contributed by atoms with Gasteiger partial charge in [-0.1, -0.05) is 11.6 Å². The Morgan fingerprint density at radius 2 is 2.00 bits per heavy atom. The van der Waals surface area contributed by atoms with Crippen LogP contribution in [0.1, 0.15) is 32.6 Å². The van der Waals surface area contributed by atoms with E-state index in [1.165, 1.54) is 18.9 Å². The van der Waals surface area contributed by atoms with Crippen LogP contribution in [0.4, 0.5) is 10.1 Å². The Kier molecular flexibility index (Phi) is 5.55. The van der Waals surface area contributed by atoms with Crippen LogP contribution in [0.15, 0.2) is 18.2 Å². The maximum Gasteiger partial charge on any atom is 0.245 e. The van der Waals surface area contributed by atoms with Crippen molar-refractivity contribution in [2.75, 3.05) is 44.2 Å². The van der Waals surface area contributed by atoms with Gasteiger partial charge in [-0.3, -0.25) is 4.79 Å². The van der Waals surface area contributed by atoms with Crippen molar-refractivity contribution in [1.82, 2.24) is 9.80 Å². The Morgan fingerprint density at radius 1 is 1.21 bits per heavy atom. The number of anilines is 1. The summed E-state index contributed by atoms with van der Waals surface area (Å²) in [5.41, 5.74) is 1.02. The third-order valence-corrected chi connectivity index (χ3v) is 7.13. The molecule has 1 amide bonds. The highest BCUT2D eigenvalue weighted by atomic mass is 35.5. The normalized spacial score (nSPS) is 27.5. The number of aliphatic hydroxyl groups excluding tert-OH is 1. The molecule has 2 atom stereocenters. The predicted molar refractivity (Wildman–Crippen MR) is 108 cm³/mol. The zero-order valence-corrected chi connectivity index (χ0v) is 17.2. The van der Waals surface area contributed by atoms with Gasteiger partial charge in [-0.2, -0.15) is 0 Å². The Morgan fingerprint density at radius 3 is 2.68 bits per heavy atom. The first kappa shape index (κ1) is 19.9. The van der Waals surface area contributed by atoms with Gasteiger partial charge >= 0.3 is 0 Å². The van der Waals surface area contributed by atoms with Crippen LogP contribution in [0, 0.1) is 11.2 Å². The van der Waals surface area contributed by atoms with Crippen molar-refractivity contribution in [3.63, 3.8) is 0 Å². The number of amides is 1. The lowest BCUT2D eigenvalue weighted by molar-refractivity contribution is -0.134. The summed E-state index contributed by atoms with van der Waals surface area (Å²) in [5, 5.41) is 10.4. The summed E-state index contributed by atoms with van der Waals surface area (Å²) in [4.78, 5) is 19.1. The number of benzene rings is 1. The van der Waals surface area contributed by atoms with Crippen molar-refractivity contribution in [2.45, 2.75) is 44.8 Å². The molecule has 0 aromatic heterocycles. The molecule has 1 aliphatic carbocycles. The number of rotatable bonds is 5. The lowest BCUT2D eigenvalue weighted by Crippen LogP contribution is -2.56. The molecule has 5 nitrogen and oxygen atoms in total. The zero-order chi connectivity index (χ0) is 19.9. The minimum atomic E-state index is -0.446. The Labute approximate surface area is 171 Å². The van der Waals surface area contributed by atoms with Gasteiger partial charge in [0.15, 0.2) is 0 Å². The molecule has 7 heteroatoms. The van der Waals surface area contributed by atoms with Crippen molar-refractivity contribution >= 4 is 23.2 Å². The monoisotopic (exact) mass is 409 g/mol. The summed E-state index contributed by atoms with van der Waals surface area (Å²) < 4.78 is 13.4. The number of halogens is 2. The molecule has 1 aromatic carbocycles. The minimum Gasteiger partial charge on any atom is -0.391 e. The number of carbonyl (C=O) groups excluding carboxylic acids is 1. The molecule has 0 radical (unpaired) electrons. The van der Waals surface area contributed by atoms with E-state index in [1.54, 1.807) is 12.1 Å². The summed E-state index contributed by atoms with van der Waals surface area (Å²) in [6, 6.07) is 4.32. The fourth-order valence-corrected chi connectivity index (χ4v) is 4.85. The molecule has 3 aliphatic rings. The Bertz CT molecular complexity index is 742. The molecule has 1 aromatic rings. The molecule has 28 heavy (non-hydrogen) atoms. The van der Waals surface area contributed by atoms with Crippen molar-refractivity contribution in [2.24, 2.45) is 5.41 Å². The molecule has 2 saturated heterocycles. The van der Waals surface area contributed by atoms with E-state index in [0.717, 1.165) is 44.7 Å². The summed E-state index contributed by atoms with van der Waals surface area (Å²) in [6.45, 7) is 6.73. The molecule has 3 fully saturated rings. The first-order valence-electron chi connectivity index (χ1n) is 10.3. The second-order valence-electron chi connectivity index (χ2n) is 8.58. The molecule has 4 rings (SSSR count). The molecule has 0 unspecified atom stereocenters. The first-order valence-corrected chi connectivity index (χ1v) is 10.7. The molecule has 2 aliphatic heterocycles. The van der Waals surface area contributed by atoms with E-state index in [-0.39, 0.29) is 28.5 Å². The summed E-state index contributed by atoms with van der Waals surface area (Å²) in [6.07, 6.45) is 4.19. The first-order chi connectivity index (χ1) is 13.4. The van der Waals surface area contributed by atoms with E-state index in [2.05, 4.69) is 4.90 Å². The van der Waals surface area contributed by atoms with Crippen LogP contribution in [0.25, 0.3) is 0 Å². The van der Waals surface area contributed by atoms with E-state index in [9.17, 15) is 14.3 Å². The van der Waals surface area contributed by atoms with Gasteiger partial charge in [0.25, 0.3) is 0 Å². The number of hydrogen-bond acceptors (Lipinski definition) is 4. The number of piperidine rings is 1. The van der Waals surface area contributed by atoms with Crippen molar-refractivity contribution in [1.29, 1.82) is 0 Å². The van der Waals surface area contributed by atoms with Gasteiger partial charge in [-0.15, -0.1) is 0 Å². The van der Waals surface area contributed by atoms with Gasteiger partial charge in [0.2, 0.25) is 5.91 Å². The lowest BCUT2D eigenvalue weighted by Gasteiger charge is -2.41. The van der Waals surface area contributed by atoms with Gasteiger partial charge in [-0.05, 0) is 69.3 Å². The fraction of sp³-hybridized carbons (Fsp3) is 0.667. The van der Waals surface area contributed by atoms with Crippen molar-refractivity contribution < 1.29 is 14.3 Å². The maximum absolute atomic E-state index is 13.4. The van der Waals surface area contributed by atoms with Crippen LogP contribution < -0.4 is 4.90 Å². The average Bonchev–Trinajstić information content (AvgIpc) is 3.45. The standard InChI is InChI=1S/C21H29ClFN3O2/c1-15-20(28)25(11-12-26(15)16-3-4-18(23)17(22)13-16)9-2-8-24-10-7-21(5-6-21)19(27)14-24/h3-4,13,15,19,27H,2,5-12,14H2,1H3/t15-,19+/m0/s1.